The van der Waals surface area contributed by atoms with Gasteiger partial charge in [0.1, 0.15) is 5.75 Å². The molecule has 0 saturated heterocycles. The Morgan fingerprint density at radius 1 is 1.32 bits per heavy atom. The van der Waals surface area contributed by atoms with Crippen molar-refractivity contribution in [2.75, 3.05) is 0 Å². The van der Waals surface area contributed by atoms with Crippen LogP contribution >= 0.6 is 11.6 Å². The van der Waals surface area contributed by atoms with E-state index in [1.165, 1.54) is 0 Å². The number of aliphatic hydroxyl groups is 2. The fourth-order valence-corrected chi connectivity index (χ4v) is 2.45. The molecule has 0 spiro atoms. The summed E-state index contributed by atoms with van der Waals surface area (Å²) in [5, 5.41) is 27.2. The van der Waals surface area contributed by atoms with Gasteiger partial charge in [0, 0.05) is 11.1 Å². The van der Waals surface area contributed by atoms with Crippen LogP contribution in [0.5, 0.6) is 5.75 Å². The summed E-state index contributed by atoms with van der Waals surface area (Å²) in [5.74, 6) is -2.10. The zero-order chi connectivity index (χ0) is 16.7. The minimum absolute atomic E-state index is 0.0826. The topological polar surface area (TPSA) is 87.0 Å². The first-order chi connectivity index (χ1) is 10.2. The van der Waals surface area contributed by atoms with Crippen LogP contribution in [0.25, 0.3) is 6.08 Å². The van der Waals surface area contributed by atoms with Crippen molar-refractivity contribution in [3.63, 3.8) is 0 Å². The van der Waals surface area contributed by atoms with Crippen molar-refractivity contribution in [2.45, 2.75) is 25.5 Å². The van der Waals surface area contributed by atoms with Gasteiger partial charge in [0.15, 0.2) is 0 Å². The summed E-state index contributed by atoms with van der Waals surface area (Å²) in [6.45, 7) is -1.14. The lowest BCUT2D eigenvalue weighted by atomic mass is 9.97. The highest BCUT2D eigenvalue weighted by molar-refractivity contribution is 6.33. The molecule has 22 heavy (non-hydrogen) atoms. The van der Waals surface area contributed by atoms with Crippen LogP contribution in [0.2, 0.25) is 5.02 Å². The van der Waals surface area contributed by atoms with Crippen molar-refractivity contribution in [1.82, 2.24) is 0 Å². The Morgan fingerprint density at radius 2 is 1.95 bits per heavy atom. The molecule has 1 heterocycles. The Bertz CT molecular complexity index is 654. The first kappa shape index (κ1) is 16.6. The Hall–Kier alpha value is -1.77. The smallest absolute Gasteiger partial charge is 0.430 e. The lowest BCUT2D eigenvalue weighted by Crippen LogP contribution is -2.40. The van der Waals surface area contributed by atoms with Crippen molar-refractivity contribution in [3.05, 3.63) is 33.4 Å². The summed E-state index contributed by atoms with van der Waals surface area (Å²) in [5.41, 5.74) is -0.902. The Balaban J connectivity index is 2.68. The molecule has 0 aliphatic carbocycles. The second-order valence-electron chi connectivity index (χ2n) is 4.50. The average Bonchev–Trinajstić information content (AvgIpc) is 2.44. The normalized spacial score (nSPS) is 17.5. The van der Waals surface area contributed by atoms with E-state index in [0.29, 0.717) is 0 Å². The molecular weight excluding hydrogens is 329 g/mol. The molecule has 0 bridgehead atoms. The van der Waals surface area contributed by atoms with Gasteiger partial charge in [-0.3, -0.25) is 0 Å². The summed E-state index contributed by atoms with van der Waals surface area (Å²) < 4.78 is 43.5. The zero-order valence-electron chi connectivity index (χ0n) is 10.8. The monoisotopic (exact) mass is 338 g/mol. The molecule has 1 atom stereocenters. The minimum atomic E-state index is -4.93. The molecule has 1 unspecified atom stereocenters. The number of alkyl halides is 3. The molecule has 3 N–H and O–H groups in total. The van der Waals surface area contributed by atoms with E-state index in [1.807, 2.05) is 0 Å². The van der Waals surface area contributed by atoms with Crippen molar-refractivity contribution in [1.29, 1.82) is 0 Å². The van der Waals surface area contributed by atoms with E-state index in [2.05, 4.69) is 0 Å². The van der Waals surface area contributed by atoms with E-state index in [1.54, 1.807) is 0 Å². The lowest BCUT2D eigenvalue weighted by Gasteiger charge is -2.28. The van der Waals surface area contributed by atoms with Crippen molar-refractivity contribution < 1.29 is 38.0 Å². The van der Waals surface area contributed by atoms with Crippen LogP contribution < -0.4 is 4.74 Å². The minimum Gasteiger partial charge on any atom is -0.478 e. The van der Waals surface area contributed by atoms with Gasteiger partial charge in [-0.1, -0.05) is 11.6 Å². The number of fused-ring (bicyclic) bond motifs is 1. The van der Waals surface area contributed by atoms with Gasteiger partial charge in [0.05, 0.1) is 23.8 Å². The van der Waals surface area contributed by atoms with E-state index in [-0.39, 0.29) is 27.5 Å². The highest BCUT2D eigenvalue weighted by Gasteiger charge is 2.48. The molecule has 0 aromatic heterocycles. The Kier molecular flexibility index (Phi) is 4.37. The zero-order valence-corrected chi connectivity index (χ0v) is 11.6. The number of hydrogen-bond acceptors (Lipinski definition) is 4. The van der Waals surface area contributed by atoms with Crippen LogP contribution in [0.15, 0.2) is 11.6 Å². The van der Waals surface area contributed by atoms with E-state index < -0.39 is 37.0 Å². The van der Waals surface area contributed by atoms with E-state index in [4.69, 9.17) is 21.4 Å². The fourth-order valence-electron chi connectivity index (χ4n) is 2.12. The summed E-state index contributed by atoms with van der Waals surface area (Å²) in [6, 6.07) is 1.10. The van der Waals surface area contributed by atoms with Crippen LogP contribution in [0.3, 0.4) is 0 Å². The summed E-state index contributed by atoms with van der Waals surface area (Å²) >= 11 is 5.97. The van der Waals surface area contributed by atoms with Gasteiger partial charge in [-0.15, -0.1) is 0 Å². The van der Waals surface area contributed by atoms with Gasteiger partial charge in [-0.25, -0.2) is 4.79 Å². The number of ether oxygens (including phenoxy) is 1. The number of aliphatic carboxylic acids is 1. The van der Waals surface area contributed by atoms with E-state index in [9.17, 15) is 28.2 Å². The predicted molar refractivity (Wildman–Crippen MR) is 69.4 cm³/mol. The molecule has 1 aromatic carbocycles. The van der Waals surface area contributed by atoms with Crippen molar-refractivity contribution in [2.24, 2.45) is 0 Å². The molecule has 0 saturated carbocycles. The van der Waals surface area contributed by atoms with Crippen LogP contribution in [0.1, 0.15) is 16.7 Å². The van der Waals surface area contributed by atoms with Gasteiger partial charge >= 0.3 is 12.1 Å². The summed E-state index contributed by atoms with van der Waals surface area (Å²) in [7, 11) is 0. The Labute approximate surface area is 127 Å². The van der Waals surface area contributed by atoms with Gasteiger partial charge < -0.3 is 20.1 Å². The number of benzene rings is 1. The van der Waals surface area contributed by atoms with E-state index in [0.717, 1.165) is 12.1 Å². The molecule has 1 aliphatic rings. The summed E-state index contributed by atoms with van der Waals surface area (Å²) in [4.78, 5) is 11.0. The highest BCUT2D eigenvalue weighted by atomic mass is 35.5. The number of hydrogen-bond donors (Lipinski definition) is 3. The van der Waals surface area contributed by atoms with Crippen molar-refractivity contribution in [3.8, 4) is 5.75 Å². The molecule has 120 valence electrons. The standard InChI is InChI=1S/C13H10ClF3O5/c14-10-6-2-7(12(20)21)11(13(15,16)17)22-9(6)1-5(3-18)8(10)4-19/h1-2,11,18-19H,3-4H2,(H,20,21). The molecule has 1 aromatic rings. The molecule has 0 amide bonds. The number of rotatable bonds is 3. The molecular formula is C13H10ClF3O5. The second-order valence-corrected chi connectivity index (χ2v) is 4.88. The van der Waals surface area contributed by atoms with Gasteiger partial charge in [-0.2, -0.15) is 13.2 Å². The highest BCUT2D eigenvalue weighted by Crippen LogP contribution is 2.42. The molecule has 1 aliphatic heterocycles. The van der Waals surface area contributed by atoms with Crippen LogP contribution in [0, 0.1) is 0 Å². The molecule has 2 rings (SSSR count). The maximum Gasteiger partial charge on any atom is 0.430 e. The number of carbonyl (C=O) groups is 1. The largest absolute Gasteiger partial charge is 0.478 e. The molecule has 0 fully saturated rings. The van der Waals surface area contributed by atoms with Gasteiger partial charge in [-0.05, 0) is 17.7 Å². The quantitative estimate of drug-likeness (QED) is 0.786. The third-order valence-electron chi connectivity index (χ3n) is 3.16. The van der Waals surface area contributed by atoms with Crippen molar-refractivity contribution >= 4 is 23.6 Å². The maximum absolute atomic E-state index is 12.9. The number of carboxylic acid groups (broad SMARTS) is 1. The summed E-state index contributed by atoms with van der Waals surface area (Å²) in [6.07, 6.45) is -6.80. The number of carboxylic acids is 1. The van der Waals surface area contributed by atoms with Crippen LogP contribution in [-0.4, -0.2) is 33.6 Å². The Morgan fingerprint density at radius 3 is 2.41 bits per heavy atom. The van der Waals surface area contributed by atoms with Crippen LogP contribution in [-0.2, 0) is 18.0 Å². The van der Waals surface area contributed by atoms with Crippen LogP contribution in [0.4, 0.5) is 13.2 Å². The van der Waals surface area contributed by atoms with Gasteiger partial charge in [0.25, 0.3) is 0 Å². The molecule has 5 nitrogen and oxygen atoms in total. The fraction of sp³-hybridized carbons (Fsp3) is 0.308. The average molecular weight is 339 g/mol. The molecule has 0 radical (unpaired) electrons. The maximum atomic E-state index is 12.9. The predicted octanol–water partition coefficient (Wildman–Crippen LogP) is 2.12. The first-order valence-electron chi connectivity index (χ1n) is 5.95. The van der Waals surface area contributed by atoms with Gasteiger partial charge in [0.2, 0.25) is 6.10 Å². The third-order valence-corrected chi connectivity index (χ3v) is 3.59. The SMILES string of the molecule is O=C(O)C1=Cc2c(cc(CO)c(CO)c2Cl)OC1C(F)(F)F. The van der Waals surface area contributed by atoms with E-state index >= 15 is 0 Å². The second kappa shape index (κ2) is 5.79. The first-order valence-corrected chi connectivity index (χ1v) is 6.32. The lowest BCUT2D eigenvalue weighted by molar-refractivity contribution is -0.187. The number of halogens is 4. The number of aliphatic hydroxyl groups excluding tert-OH is 2. The molecule has 9 heteroatoms. The third kappa shape index (κ3) is 2.77.